The second kappa shape index (κ2) is 5.95. The van der Waals surface area contributed by atoms with Gasteiger partial charge < -0.3 is 21.2 Å². The molecule has 0 spiro atoms. The van der Waals surface area contributed by atoms with E-state index in [1.54, 1.807) is 18.2 Å². The SMILES string of the molecule is NC(=NO)c1cccc2[nH]c(NCCNS(N)(=O)=O)nc12. The molecule has 0 aliphatic heterocycles. The van der Waals surface area contributed by atoms with Gasteiger partial charge in [-0.25, -0.2) is 14.8 Å². The number of anilines is 1. The van der Waals surface area contributed by atoms with Crippen LogP contribution in [-0.4, -0.2) is 42.5 Å². The first-order valence-electron chi connectivity index (χ1n) is 5.88. The van der Waals surface area contributed by atoms with E-state index in [2.05, 4.69) is 25.2 Å². The van der Waals surface area contributed by atoms with Crippen LogP contribution in [0.25, 0.3) is 11.0 Å². The minimum absolute atomic E-state index is 0.0467. The van der Waals surface area contributed by atoms with Crippen molar-refractivity contribution in [3.05, 3.63) is 23.8 Å². The van der Waals surface area contributed by atoms with Crippen LogP contribution >= 0.6 is 0 Å². The molecule has 21 heavy (non-hydrogen) atoms. The summed E-state index contributed by atoms with van der Waals surface area (Å²) in [4.78, 5) is 7.26. The van der Waals surface area contributed by atoms with Gasteiger partial charge in [-0.1, -0.05) is 11.2 Å². The standard InChI is InChI=1S/C10H15N7O3S/c11-9(17-18)6-2-1-3-7-8(6)16-10(15-7)13-4-5-14-21(12,19)20/h1-3,14,18H,4-5H2,(H2,11,17)(H2,12,19,20)(H2,13,15,16). The molecule has 0 saturated heterocycles. The summed E-state index contributed by atoms with van der Waals surface area (Å²) in [5.74, 6) is 0.383. The van der Waals surface area contributed by atoms with Gasteiger partial charge in [0.1, 0.15) is 5.52 Å². The molecule has 0 aliphatic carbocycles. The highest BCUT2D eigenvalue weighted by atomic mass is 32.2. The Kier molecular flexibility index (Phi) is 4.26. The zero-order valence-electron chi connectivity index (χ0n) is 10.9. The zero-order chi connectivity index (χ0) is 15.5. The summed E-state index contributed by atoms with van der Waals surface area (Å²) in [7, 11) is -3.71. The van der Waals surface area contributed by atoms with E-state index < -0.39 is 10.2 Å². The summed E-state index contributed by atoms with van der Waals surface area (Å²) < 4.78 is 23.5. The van der Waals surface area contributed by atoms with E-state index in [-0.39, 0.29) is 18.9 Å². The van der Waals surface area contributed by atoms with Crippen LogP contribution in [0.1, 0.15) is 5.56 Å². The lowest BCUT2D eigenvalue weighted by Crippen LogP contribution is -2.34. The Hall–Kier alpha value is -2.37. The van der Waals surface area contributed by atoms with Gasteiger partial charge >= 0.3 is 0 Å². The number of aromatic amines is 1. The van der Waals surface area contributed by atoms with Crippen LogP contribution in [0.3, 0.4) is 0 Å². The van der Waals surface area contributed by atoms with E-state index in [9.17, 15) is 8.42 Å². The third kappa shape index (κ3) is 3.81. The normalized spacial score (nSPS) is 12.7. The van der Waals surface area contributed by atoms with Crippen molar-refractivity contribution >= 4 is 33.0 Å². The Bertz CT molecular complexity index is 768. The Morgan fingerprint density at radius 3 is 2.86 bits per heavy atom. The van der Waals surface area contributed by atoms with Crippen molar-refractivity contribution in [1.82, 2.24) is 14.7 Å². The molecule has 2 rings (SSSR count). The van der Waals surface area contributed by atoms with Crippen molar-refractivity contribution in [2.45, 2.75) is 0 Å². The number of fused-ring (bicyclic) bond motifs is 1. The van der Waals surface area contributed by atoms with E-state index in [0.717, 1.165) is 0 Å². The predicted octanol–water partition coefficient (Wildman–Crippen LogP) is -1.14. The van der Waals surface area contributed by atoms with Gasteiger partial charge in [-0.15, -0.1) is 0 Å². The van der Waals surface area contributed by atoms with Gasteiger partial charge in [-0.2, -0.15) is 8.42 Å². The van der Waals surface area contributed by atoms with Crippen LogP contribution in [0, 0.1) is 0 Å². The number of oxime groups is 1. The summed E-state index contributed by atoms with van der Waals surface area (Å²) >= 11 is 0. The molecule has 2 aromatic rings. The van der Waals surface area contributed by atoms with Gasteiger partial charge in [0.25, 0.3) is 10.2 Å². The number of para-hydroxylation sites is 1. The van der Waals surface area contributed by atoms with Gasteiger partial charge in [0.15, 0.2) is 5.84 Å². The molecule has 0 fully saturated rings. The van der Waals surface area contributed by atoms with Crippen molar-refractivity contribution in [3.8, 4) is 0 Å². The van der Waals surface area contributed by atoms with Gasteiger partial charge in [0, 0.05) is 18.7 Å². The number of nitrogens with zero attached hydrogens (tertiary/aromatic N) is 2. The van der Waals surface area contributed by atoms with E-state index in [1.807, 2.05) is 0 Å². The van der Waals surface area contributed by atoms with E-state index in [4.69, 9.17) is 16.1 Å². The van der Waals surface area contributed by atoms with E-state index in [1.165, 1.54) is 0 Å². The molecule has 0 aliphatic rings. The maximum Gasteiger partial charge on any atom is 0.274 e. The Morgan fingerprint density at radius 2 is 2.19 bits per heavy atom. The van der Waals surface area contributed by atoms with Gasteiger partial charge in [0.2, 0.25) is 5.95 Å². The first kappa shape index (κ1) is 15.0. The lowest BCUT2D eigenvalue weighted by molar-refractivity contribution is 0.318. The minimum Gasteiger partial charge on any atom is -0.409 e. The molecule has 0 saturated carbocycles. The fraction of sp³-hybridized carbons (Fsp3) is 0.200. The highest BCUT2D eigenvalue weighted by Crippen LogP contribution is 2.18. The number of nitrogens with two attached hydrogens (primary N) is 2. The average Bonchev–Trinajstić information content (AvgIpc) is 2.84. The third-order valence-corrected chi connectivity index (χ3v) is 3.22. The fourth-order valence-corrected chi connectivity index (χ4v) is 2.14. The molecule has 0 bridgehead atoms. The molecule has 1 heterocycles. The molecular weight excluding hydrogens is 298 g/mol. The maximum absolute atomic E-state index is 10.7. The molecule has 0 unspecified atom stereocenters. The van der Waals surface area contributed by atoms with Crippen LogP contribution < -0.4 is 20.9 Å². The molecule has 1 aromatic heterocycles. The number of aromatic nitrogens is 2. The van der Waals surface area contributed by atoms with Crippen molar-refractivity contribution in [3.63, 3.8) is 0 Å². The molecule has 10 nitrogen and oxygen atoms in total. The van der Waals surface area contributed by atoms with Gasteiger partial charge in [-0.05, 0) is 12.1 Å². The number of H-pyrrole nitrogens is 1. The largest absolute Gasteiger partial charge is 0.409 e. The molecule has 8 N–H and O–H groups in total. The van der Waals surface area contributed by atoms with Crippen molar-refractivity contribution in [2.24, 2.45) is 16.0 Å². The zero-order valence-corrected chi connectivity index (χ0v) is 11.7. The number of hydrogen-bond donors (Lipinski definition) is 6. The van der Waals surface area contributed by atoms with Gasteiger partial charge in [-0.3, -0.25) is 0 Å². The monoisotopic (exact) mass is 313 g/mol. The van der Waals surface area contributed by atoms with Crippen molar-refractivity contribution < 1.29 is 13.6 Å². The van der Waals surface area contributed by atoms with E-state index >= 15 is 0 Å². The average molecular weight is 313 g/mol. The van der Waals surface area contributed by atoms with Crippen LogP contribution in [0.4, 0.5) is 5.95 Å². The summed E-state index contributed by atoms with van der Waals surface area (Å²) in [5, 5.41) is 19.4. The number of amidine groups is 1. The molecule has 0 atom stereocenters. The first-order valence-corrected chi connectivity index (χ1v) is 7.43. The molecule has 1 aromatic carbocycles. The molecule has 0 radical (unpaired) electrons. The fourth-order valence-electron chi connectivity index (χ4n) is 1.75. The Morgan fingerprint density at radius 1 is 1.43 bits per heavy atom. The van der Waals surface area contributed by atoms with Crippen molar-refractivity contribution in [1.29, 1.82) is 0 Å². The smallest absolute Gasteiger partial charge is 0.274 e. The summed E-state index contributed by atoms with van der Waals surface area (Å²) in [6.07, 6.45) is 0. The Balaban J connectivity index is 2.12. The van der Waals surface area contributed by atoms with Crippen LogP contribution in [0.2, 0.25) is 0 Å². The number of benzene rings is 1. The quantitative estimate of drug-likeness (QED) is 0.129. The third-order valence-electron chi connectivity index (χ3n) is 2.62. The van der Waals surface area contributed by atoms with Crippen LogP contribution in [0.15, 0.2) is 23.4 Å². The number of rotatable bonds is 6. The maximum atomic E-state index is 10.7. The minimum atomic E-state index is -3.71. The molecular formula is C10H15N7O3S. The number of nitrogens with one attached hydrogen (secondary N) is 3. The second-order valence-corrected chi connectivity index (χ2v) is 5.52. The topological polar surface area (TPSA) is 172 Å². The molecule has 114 valence electrons. The molecule has 11 heteroatoms. The lowest BCUT2D eigenvalue weighted by Gasteiger charge is -2.02. The number of imidazole rings is 1. The Labute approximate surface area is 120 Å². The lowest BCUT2D eigenvalue weighted by atomic mass is 10.2. The molecule has 0 amide bonds. The predicted molar refractivity (Wildman–Crippen MR) is 78.2 cm³/mol. The highest BCUT2D eigenvalue weighted by molar-refractivity contribution is 7.87. The summed E-state index contributed by atoms with van der Waals surface area (Å²) in [6.45, 7) is 0.401. The van der Waals surface area contributed by atoms with Crippen LogP contribution in [-0.2, 0) is 10.2 Å². The highest BCUT2D eigenvalue weighted by Gasteiger charge is 2.10. The van der Waals surface area contributed by atoms with Gasteiger partial charge in [0.05, 0.1) is 5.52 Å². The summed E-state index contributed by atoms with van der Waals surface area (Å²) in [6, 6.07) is 5.19. The second-order valence-electron chi connectivity index (χ2n) is 4.14. The van der Waals surface area contributed by atoms with Crippen LogP contribution in [0.5, 0.6) is 0 Å². The number of hydrogen-bond acceptors (Lipinski definition) is 6. The first-order chi connectivity index (χ1) is 9.90. The summed E-state index contributed by atoms with van der Waals surface area (Å²) in [5.41, 5.74) is 7.29. The van der Waals surface area contributed by atoms with E-state index in [0.29, 0.717) is 22.5 Å². The van der Waals surface area contributed by atoms with Crippen molar-refractivity contribution in [2.75, 3.05) is 18.4 Å².